The summed E-state index contributed by atoms with van der Waals surface area (Å²) in [5.74, 6) is -0.943. The molecule has 2 aromatic carbocycles. The maximum Gasteiger partial charge on any atom is 0.305 e. The number of hydrogen-bond donors (Lipinski definition) is 1. The second kappa shape index (κ2) is 5.93. The van der Waals surface area contributed by atoms with Gasteiger partial charge in [0, 0.05) is 18.4 Å². The summed E-state index contributed by atoms with van der Waals surface area (Å²) in [5, 5.41) is 10.4. The average Bonchev–Trinajstić information content (AvgIpc) is 3.14. The van der Waals surface area contributed by atoms with Crippen molar-refractivity contribution in [3.63, 3.8) is 0 Å². The molecule has 4 rings (SSSR count). The van der Waals surface area contributed by atoms with Gasteiger partial charge in [-0.2, -0.15) is 0 Å². The molecule has 0 radical (unpaired) electrons. The summed E-state index contributed by atoms with van der Waals surface area (Å²) in [7, 11) is 0. The van der Waals surface area contributed by atoms with Gasteiger partial charge in [0.1, 0.15) is 0 Å². The van der Waals surface area contributed by atoms with Crippen LogP contribution in [0, 0.1) is 0 Å². The van der Waals surface area contributed by atoms with Crippen LogP contribution < -0.4 is 4.90 Å². The highest BCUT2D eigenvalue weighted by Gasteiger charge is 2.30. The number of halogens is 1. The summed E-state index contributed by atoms with van der Waals surface area (Å²) >= 11 is 6.18. The zero-order valence-electron chi connectivity index (χ0n) is 13.3. The average molecular weight is 355 g/mol. The molecule has 2 heterocycles. The number of carboxylic acids is 1. The van der Waals surface area contributed by atoms with E-state index in [1.165, 1.54) is 0 Å². The SMILES string of the molecule is O=C(O)CCn1ccc2ccc(N3Cc4cccc(Cl)c4C3=O)cc21. The van der Waals surface area contributed by atoms with E-state index < -0.39 is 5.97 Å². The molecular weight excluding hydrogens is 340 g/mol. The Balaban J connectivity index is 1.71. The Morgan fingerprint density at radius 1 is 1.20 bits per heavy atom. The molecule has 0 atom stereocenters. The largest absolute Gasteiger partial charge is 0.481 e. The molecule has 25 heavy (non-hydrogen) atoms. The minimum atomic E-state index is -0.835. The van der Waals surface area contributed by atoms with Gasteiger partial charge in [-0.15, -0.1) is 0 Å². The summed E-state index contributed by atoms with van der Waals surface area (Å²) in [6.07, 6.45) is 1.92. The van der Waals surface area contributed by atoms with Crippen LogP contribution in [0.5, 0.6) is 0 Å². The van der Waals surface area contributed by atoms with E-state index in [2.05, 4.69) is 0 Å². The number of nitrogens with zero attached hydrogens (tertiary/aromatic N) is 2. The first-order valence-corrected chi connectivity index (χ1v) is 8.32. The zero-order chi connectivity index (χ0) is 17.6. The first-order valence-electron chi connectivity index (χ1n) is 7.94. The van der Waals surface area contributed by atoms with Crippen molar-refractivity contribution in [2.24, 2.45) is 0 Å². The molecule has 0 spiro atoms. The fourth-order valence-corrected chi connectivity index (χ4v) is 3.55. The van der Waals surface area contributed by atoms with E-state index in [0.717, 1.165) is 22.2 Å². The predicted molar refractivity (Wildman–Crippen MR) is 96.2 cm³/mol. The number of fused-ring (bicyclic) bond motifs is 2. The van der Waals surface area contributed by atoms with Crippen LogP contribution in [0.3, 0.4) is 0 Å². The molecule has 0 bridgehead atoms. The molecule has 126 valence electrons. The lowest BCUT2D eigenvalue weighted by Crippen LogP contribution is -2.23. The summed E-state index contributed by atoms with van der Waals surface area (Å²) in [5.41, 5.74) is 3.16. The van der Waals surface area contributed by atoms with Gasteiger partial charge in [-0.1, -0.05) is 29.8 Å². The highest BCUT2D eigenvalue weighted by atomic mass is 35.5. The Hall–Kier alpha value is -2.79. The maximum absolute atomic E-state index is 12.7. The summed E-state index contributed by atoms with van der Waals surface area (Å²) < 4.78 is 1.90. The molecule has 1 aliphatic heterocycles. The van der Waals surface area contributed by atoms with Crippen LogP contribution >= 0.6 is 11.6 Å². The van der Waals surface area contributed by atoms with Gasteiger partial charge in [-0.25, -0.2) is 0 Å². The number of benzene rings is 2. The second-order valence-electron chi connectivity index (χ2n) is 6.06. The van der Waals surface area contributed by atoms with E-state index in [1.54, 1.807) is 11.0 Å². The normalized spacial score (nSPS) is 13.5. The molecule has 0 saturated carbocycles. The second-order valence-corrected chi connectivity index (χ2v) is 6.47. The Kier molecular flexibility index (Phi) is 3.73. The van der Waals surface area contributed by atoms with Crippen LogP contribution in [0.15, 0.2) is 48.7 Å². The van der Waals surface area contributed by atoms with Gasteiger partial charge < -0.3 is 14.6 Å². The van der Waals surface area contributed by atoms with Gasteiger partial charge in [-0.3, -0.25) is 9.59 Å². The maximum atomic E-state index is 12.7. The monoisotopic (exact) mass is 354 g/mol. The molecular formula is C19H15ClN2O3. The lowest BCUT2D eigenvalue weighted by molar-refractivity contribution is -0.137. The molecule has 0 aliphatic carbocycles. The van der Waals surface area contributed by atoms with E-state index in [0.29, 0.717) is 23.7 Å². The summed E-state index contributed by atoms with van der Waals surface area (Å²) in [6, 6.07) is 13.2. The van der Waals surface area contributed by atoms with Crippen molar-refractivity contribution in [3.05, 3.63) is 64.8 Å². The van der Waals surface area contributed by atoms with Crippen LogP contribution in [0.2, 0.25) is 5.02 Å². The third-order valence-corrected chi connectivity index (χ3v) is 4.84. The van der Waals surface area contributed by atoms with Gasteiger partial charge in [0.25, 0.3) is 5.91 Å². The number of anilines is 1. The highest BCUT2D eigenvalue weighted by molar-refractivity contribution is 6.35. The van der Waals surface area contributed by atoms with Crippen molar-refractivity contribution < 1.29 is 14.7 Å². The molecule has 6 heteroatoms. The van der Waals surface area contributed by atoms with Crippen LogP contribution in [0.25, 0.3) is 10.9 Å². The molecule has 5 nitrogen and oxygen atoms in total. The van der Waals surface area contributed by atoms with Crippen LogP contribution in [0.1, 0.15) is 22.3 Å². The first kappa shape index (κ1) is 15.7. The van der Waals surface area contributed by atoms with Crippen LogP contribution in [-0.4, -0.2) is 21.6 Å². The molecule has 3 aromatic rings. The van der Waals surface area contributed by atoms with Crippen LogP contribution in [-0.2, 0) is 17.9 Å². The number of carbonyl (C=O) groups is 2. The Morgan fingerprint density at radius 2 is 2.04 bits per heavy atom. The highest BCUT2D eigenvalue weighted by Crippen LogP contribution is 2.34. The molecule has 0 unspecified atom stereocenters. The van der Waals surface area contributed by atoms with Gasteiger partial charge in [-0.05, 0) is 35.2 Å². The number of aromatic nitrogens is 1. The van der Waals surface area contributed by atoms with Crippen molar-refractivity contribution in [2.75, 3.05) is 4.90 Å². The van der Waals surface area contributed by atoms with Gasteiger partial charge >= 0.3 is 5.97 Å². The van der Waals surface area contributed by atoms with Gasteiger partial charge in [0.15, 0.2) is 0 Å². The van der Waals surface area contributed by atoms with E-state index >= 15 is 0 Å². The number of aliphatic carboxylic acids is 1. The first-order chi connectivity index (χ1) is 12.0. The molecule has 1 N–H and O–H groups in total. The zero-order valence-corrected chi connectivity index (χ0v) is 14.0. The number of hydrogen-bond acceptors (Lipinski definition) is 2. The molecule has 0 saturated heterocycles. The molecule has 1 aromatic heterocycles. The van der Waals surface area contributed by atoms with E-state index in [1.807, 2.05) is 47.2 Å². The Labute approximate surface area is 149 Å². The Morgan fingerprint density at radius 3 is 2.80 bits per heavy atom. The van der Waals surface area contributed by atoms with Gasteiger partial charge in [0.05, 0.1) is 29.1 Å². The molecule has 1 aliphatic rings. The van der Waals surface area contributed by atoms with Gasteiger partial charge in [0.2, 0.25) is 0 Å². The number of carboxylic acid groups (broad SMARTS) is 1. The van der Waals surface area contributed by atoms with E-state index in [9.17, 15) is 9.59 Å². The number of carbonyl (C=O) groups excluding carboxylic acids is 1. The third kappa shape index (κ3) is 2.66. The number of aryl methyl sites for hydroxylation is 1. The van der Waals surface area contributed by atoms with E-state index in [4.69, 9.17) is 16.7 Å². The number of rotatable bonds is 4. The topological polar surface area (TPSA) is 62.5 Å². The van der Waals surface area contributed by atoms with Crippen LogP contribution in [0.4, 0.5) is 5.69 Å². The quantitative estimate of drug-likeness (QED) is 0.772. The fraction of sp³-hybridized carbons (Fsp3) is 0.158. The minimum absolute atomic E-state index is 0.0533. The van der Waals surface area contributed by atoms with Crippen molar-refractivity contribution in [1.82, 2.24) is 4.57 Å². The molecule has 0 fully saturated rings. The summed E-state index contributed by atoms with van der Waals surface area (Å²) in [4.78, 5) is 25.3. The third-order valence-electron chi connectivity index (χ3n) is 4.52. The molecule has 1 amide bonds. The van der Waals surface area contributed by atoms with Crippen molar-refractivity contribution in [2.45, 2.75) is 19.5 Å². The number of amides is 1. The van der Waals surface area contributed by atoms with Crippen molar-refractivity contribution >= 4 is 40.1 Å². The predicted octanol–water partition coefficient (Wildman–Crippen LogP) is 3.93. The van der Waals surface area contributed by atoms with Crippen molar-refractivity contribution in [3.8, 4) is 0 Å². The lowest BCUT2D eigenvalue weighted by Gasteiger charge is -2.16. The van der Waals surface area contributed by atoms with Crippen molar-refractivity contribution in [1.29, 1.82) is 0 Å². The summed E-state index contributed by atoms with van der Waals surface area (Å²) in [6.45, 7) is 0.873. The smallest absolute Gasteiger partial charge is 0.305 e. The lowest BCUT2D eigenvalue weighted by atomic mass is 10.1. The fourth-order valence-electron chi connectivity index (χ4n) is 3.28. The standard InChI is InChI=1S/C19H15ClN2O3/c20-15-3-1-2-13-11-22(19(25)18(13)15)14-5-4-12-6-8-21(16(12)10-14)9-7-17(23)24/h1-6,8,10H,7,9,11H2,(H,23,24). The van der Waals surface area contributed by atoms with E-state index in [-0.39, 0.29) is 12.3 Å². The minimum Gasteiger partial charge on any atom is -0.481 e. The Bertz CT molecular complexity index is 1010.